The van der Waals surface area contributed by atoms with E-state index in [-0.39, 0.29) is 41.4 Å². The molecule has 3 heterocycles. The molecule has 196 valence electrons. The van der Waals surface area contributed by atoms with Crippen LogP contribution in [-0.2, 0) is 4.79 Å². The number of ether oxygens (including phenoxy) is 1. The highest BCUT2D eigenvalue weighted by Crippen LogP contribution is 2.38. The van der Waals surface area contributed by atoms with Gasteiger partial charge in [0.25, 0.3) is 0 Å². The van der Waals surface area contributed by atoms with E-state index in [1.807, 2.05) is 0 Å². The van der Waals surface area contributed by atoms with E-state index in [1.54, 1.807) is 11.0 Å². The third kappa shape index (κ3) is 6.03. The van der Waals surface area contributed by atoms with Crippen LogP contribution < -0.4 is 15.4 Å². The van der Waals surface area contributed by atoms with Gasteiger partial charge in [0.15, 0.2) is 11.6 Å². The Morgan fingerprint density at radius 1 is 1.14 bits per heavy atom. The van der Waals surface area contributed by atoms with Gasteiger partial charge in [-0.3, -0.25) is 9.69 Å². The molecule has 2 aliphatic heterocycles. The molecule has 4 rings (SSSR count). The molecule has 1 aromatic heterocycles. The van der Waals surface area contributed by atoms with Gasteiger partial charge in [0.2, 0.25) is 11.9 Å². The normalized spacial score (nSPS) is 20.0. The SMILES string of the molecule is CN1C(C)(C)CC(Nc2nc(Nc3cc(F)cc(OCCN4CCCC4=O)c3)ncc2F)CC1(C)C. The zero-order valence-corrected chi connectivity index (χ0v) is 21.7. The number of carbonyl (C=O) groups excluding carboxylic acids is 1. The van der Waals surface area contributed by atoms with Gasteiger partial charge in [-0.05, 0) is 60.1 Å². The van der Waals surface area contributed by atoms with Crippen molar-refractivity contribution in [3.63, 3.8) is 0 Å². The Morgan fingerprint density at radius 2 is 1.86 bits per heavy atom. The number of rotatable bonds is 8. The van der Waals surface area contributed by atoms with E-state index in [9.17, 15) is 13.6 Å². The van der Waals surface area contributed by atoms with Crippen molar-refractivity contribution >= 4 is 23.4 Å². The molecular formula is C26H36F2N6O2. The van der Waals surface area contributed by atoms with Gasteiger partial charge in [0.1, 0.15) is 18.2 Å². The largest absolute Gasteiger partial charge is 0.492 e. The van der Waals surface area contributed by atoms with Gasteiger partial charge in [-0.25, -0.2) is 13.8 Å². The van der Waals surface area contributed by atoms with Gasteiger partial charge in [-0.1, -0.05) is 0 Å². The zero-order valence-electron chi connectivity index (χ0n) is 21.7. The Balaban J connectivity index is 1.42. The predicted octanol–water partition coefficient (Wildman–Crippen LogP) is 4.56. The second-order valence-corrected chi connectivity index (χ2v) is 11.0. The molecule has 2 saturated heterocycles. The number of anilines is 3. The van der Waals surface area contributed by atoms with Crippen molar-refractivity contribution in [1.29, 1.82) is 0 Å². The molecule has 10 heteroatoms. The first-order chi connectivity index (χ1) is 16.9. The summed E-state index contributed by atoms with van der Waals surface area (Å²) in [4.78, 5) is 24.2. The molecule has 1 aromatic carbocycles. The Bertz CT molecular complexity index is 1090. The van der Waals surface area contributed by atoms with Crippen LogP contribution in [0.3, 0.4) is 0 Å². The lowest BCUT2D eigenvalue weighted by molar-refractivity contribution is -0.128. The number of piperidine rings is 1. The van der Waals surface area contributed by atoms with Crippen LogP contribution in [0, 0.1) is 11.6 Å². The number of halogens is 2. The maximum Gasteiger partial charge on any atom is 0.229 e. The van der Waals surface area contributed by atoms with Crippen molar-refractivity contribution in [3.8, 4) is 5.75 Å². The Labute approximate surface area is 211 Å². The number of likely N-dealkylation sites (tertiary alicyclic amines) is 2. The topological polar surface area (TPSA) is 82.6 Å². The number of aromatic nitrogens is 2. The number of nitrogens with one attached hydrogen (secondary N) is 2. The van der Waals surface area contributed by atoms with Gasteiger partial charge in [-0.15, -0.1) is 0 Å². The second kappa shape index (κ2) is 10.2. The summed E-state index contributed by atoms with van der Waals surface area (Å²) >= 11 is 0. The smallest absolute Gasteiger partial charge is 0.229 e. The van der Waals surface area contributed by atoms with Gasteiger partial charge in [-0.2, -0.15) is 4.98 Å². The predicted molar refractivity (Wildman–Crippen MR) is 136 cm³/mol. The average molecular weight is 503 g/mol. The molecule has 36 heavy (non-hydrogen) atoms. The summed E-state index contributed by atoms with van der Waals surface area (Å²) in [6, 6.07) is 4.22. The van der Waals surface area contributed by atoms with E-state index in [2.05, 4.69) is 60.2 Å². The molecule has 0 radical (unpaired) electrons. The fourth-order valence-electron chi connectivity index (χ4n) is 5.26. The third-order valence-electron chi connectivity index (χ3n) is 7.32. The van der Waals surface area contributed by atoms with Crippen LogP contribution in [-0.4, -0.2) is 69.5 Å². The molecule has 2 aromatic rings. The van der Waals surface area contributed by atoms with E-state index in [1.165, 1.54) is 12.1 Å². The molecule has 2 aliphatic rings. The van der Waals surface area contributed by atoms with E-state index in [4.69, 9.17) is 4.74 Å². The van der Waals surface area contributed by atoms with E-state index in [0.29, 0.717) is 24.4 Å². The van der Waals surface area contributed by atoms with Gasteiger partial charge < -0.3 is 20.3 Å². The van der Waals surface area contributed by atoms with E-state index in [0.717, 1.165) is 32.0 Å². The molecule has 0 atom stereocenters. The fraction of sp³-hybridized carbons (Fsp3) is 0.577. The van der Waals surface area contributed by atoms with E-state index < -0.39 is 11.6 Å². The number of carbonyl (C=O) groups is 1. The highest BCUT2D eigenvalue weighted by Gasteiger charge is 2.43. The molecule has 0 aliphatic carbocycles. The molecule has 0 saturated carbocycles. The monoisotopic (exact) mass is 502 g/mol. The van der Waals surface area contributed by atoms with Crippen molar-refractivity contribution in [3.05, 3.63) is 36.0 Å². The Kier molecular flexibility index (Phi) is 7.36. The average Bonchev–Trinajstić information content (AvgIpc) is 3.18. The van der Waals surface area contributed by atoms with Crippen LogP contribution >= 0.6 is 0 Å². The molecule has 8 nitrogen and oxygen atoms in total. The van der Waals surface area contributed by atoms with Gasteiger partial charge in [0, 0.05) is 47.9 Å². The van der Waals surface area contributed by atoms with Crippen molar-refractivity contribution in [2.75, 3.05) is 37.4 Å². The minimum atomic E-state index is -0.546. The lowest BCUT2D eigenvalue weighted by Crippen LogP contribution is -2.61. The summed E-state index contributed by atoms with van der Waals surface area (Å²) in [5, 5.41) is 6.21. The summed E-state index contributed by atoms with van der Waals surface area (Å²) in [5.41, 5.74) is 0.245. The van der Waals surface area contributed by atoms with Crippen LogP contribution in [0.15, 0.2) is 24.4 Å². The highest BCUT2D eigenvalue weighted by atomic mass is 19.1. The maximum atomic E-state index is 14.6. The van der Waals surface area contributed by atoms with Crippen LogP contribution in [0.4, 0.5) is 26.2 Å². The molecule has 0 unspecified atom stereocenters. The fourth-order valence-corrected chi connectivity index (χ4v) is 5.26. The second-order valence-electron chi connectivity index (χ2n) is 11.0. The lowest BCUT2D eigenvalue weighted by Gasteiger charge is -2.53. The Hall–Kier alpha value is -3.01. The third-order valence-corrected chi connectivity index (χ3v) is 7.32. The highest BCUT2D eigenvalue weighted by molar-refractivity contribution is 5.78. The first kappa shape index (κ1) is 26.1. The molecule has 0 bridgehead atoms. The van der Waals surface area contributed by atoms with Crippen LogP contribution in [0.25, 0.3) is 0 Å². The van der Waals surface area contributed by atoms with Crippen molar-refractivity contribution in [2.24, 2.45) is 0 Å². The maximum absolute atomic E-state index is 14.6. The van der Waals surface area contributed by atoms with Crippen molar-refractivity contribution in [2.45, 2.75) is 70.5 Å². The lowest BCUT2D eigenvalue weighted by atomic mass is 9.77. The first-order valence-corrected chi connectivity index (χ1v) is 12.4. The summed E-state index contributed by atoms with van der Waals surface area (Å²) < 4.78 is 34.5. The number of hydrogen-bond donors (Lipinski definition) is 2. The number of hydrogen-bond acceptors (Lipinski definition) is 7. The number of nitrogens with zero attached hydrogens (tertiary/aromatic N) is 4. The zero-order chi connectivity index (χ0) is 26.1. The molecular weight excluding hydrogens is 466 g/mol. The number of benzene rings is 1. The molecule has 2 N–H and O–H groups in total. The minimum absolute atomic E-state index is 0.0279. The van der Waals surface area contributed by atoms with E-state index >= 15 is 0 Å². The quantitative estimate of drug-likeness (QED) is 0.548. The minimum Gasteiger partial charge on any atom is -0.492 e. The number of amides is 1. The van der Waals surface area contributed by atoms with Gasteiger partial charge in [0.05, 0.1) is 12.7 Å². The summed E-state index contributed by atoms with van der Waals surface area (Å²) in [5.74, 6) is -0.356. The van der Waals surface area contributed by atoms with Crippen LogP contribution in [0.2, 0.25) is 0 Å². The Morgan fingerprint density at radius 3 is 2.53 bits per heavy atom. The van der Waals surface area contributed by atoms with Crippen LogP contribution in [0.1, 0.15) is 53.4 Å². The molecule has 0 spiro atoms. The van der Waals surface area contributed by atoms with Crippen LogP contribution in [0.5, 0.6) is 5.75 Å². The summed E-state index contributed by atoms with van der Waals surface area (Å²) in [6.45, 7) is 10.2. The summed E-state index contributed by atoms with van der Waals surface area (Å²) in [6.07, 6.45) is 4.18. The first-order valence-electron chi connectivity index (χ1n) is 12.4. The standard InChI is InChI=1S/C26H36F2N6O2/c1-25(2)14-19(15-26(3,4)33(25)5)30-23-21(28)16-29-24(32-23)31-18-11-17(27)12-20(13-18)36-10-9-34-8-6-7-22(34)35/h11-13,16,19H,6-10,14-15H2,1-5H3,(H2,29,30,31,32). The van der Waals surface area contributed by atoms with Crippen molar-refractivity contribution in [1.82, 2.24) is 19.8 Å². The molecule has 2 fully saturated rings. The summed E-state index contributed by atoms with van der Waals surface area (Å²) in [7, 11) is 2.12. The molecule has 1 amide bonds. The van der Waals surface area contributed by atoms with Gasteiger partial charge >= 0.3 is 0 Å². The van der Waals surface area contributed by atoms with Crippen molar-refractivity contribution < 1.29 is 18.3 Å².